The van der Waals surface area contributed by atoms with Crippen molar-refractivity contribution in [3.05, 3.63) is 59.7 Å². The molecule has 0 unspecified atom stereocenters. The molecule has 1 atom stereocenters. The van der Waals surface area contributed by atoms with Crippen LogP contribution in [0, 0.1) is 13.8 Å². The van der Waals surface area contributed by atoms with Crippen molar-refractivity contribution in [3.8, 4) is 11.1 Å². The van der Waals surface area contributed by atoms with Crippen LogP contribution in [0.1, 0.15) is 36.8 Å². The molecule has 342 valence electrons. The van der Waals surface area contributed by atoms with Crippen molar-refractivity contribution in [2.24, 2.45) is 0 Å². The van der Waals surface area contributed by atoms with E-state index in [0.29, 0.717) is 24.2 Å². The van der Waals surface area contributed by atoms with Gasteiger partial charge < -0.3 is 37.0 Å². The van der Waals surface area contributed by atoms with Gasteiger partial charge in [0.1, 0.15) is 6.04 Å². The fourth-order valence-corrected chi connectivity index (χ4v) is 7.21. The number of nitrogens with zero attached hydrogens (tertiary/aromatic N) is 5. The van der Waals surface area contributed by atoms with Crippen LogP contribution in [0.3, 0.4) is 0 Å². The minimum absolute atomic E-state index is 0.0532. The summed E-state index contributed by atoms with van der Waals surface area (Å²) in [7, 11) is 0. The van der Waals surface area contributed by atoms with Gasteiger partial charge in [-0.05, 0) is 79.6 Å². The Labute approximate surface area is 366 Å². The summed E-state index contributed by atoms with van der Waals surface area (Å²) in [5.41, 5.74) is 10.8. The first-order valence-electron chi connectivity index (χ1n) is 20.9. The highest BCUT2D eigenvalue weighted by molar-refractivity contribution is 6.13. The zero-order valence-corrected chi connectivity index (χ0v) is 35.8. The molecule has 2 aliphatic heterocycles. The molecule has 8 N–H and O–H groups in total. The largest absolute Gasteiger partial charge is 0.480 e. The summed E-state index contributed by atoms with van der Waals surface area (Å²) in [6.07, 6.45) is 3.28. The number of nitrogens with one attached hydrogen (secondary N) is 3. The standard InChI is InChI=1S/C43H59N9O11/c1-29-23-31(6-8-33(29)44)32-7-9-34(30(2)24-32)47-43(63)35(5-3-4-13-45-36(53)12-14-52-38(55)10-11-39(52)56)46-37(54)25-48-15-17-49(26-40(57)58)19-21-51(28-42(61)62)22-20-50(18-16-48)27-41(59)60/h6-11,23-24,35H,3-5,12-22,25-28,44H2,1-2H3,(H,45,53)(H,46,54)(H,47,63)(H,57,58)(H,59,60)(H,61,62)/t35-/m0/s1. The number of nitrogens with two attached hydrogens (primary N) is 1. The summed E-state index contributed by atoms with van der Waals surface area (Å²) in [6, 6.07) is 10.3. The lowest BCUT2D eigenvalue weighted by atomic mass is 10.00. The zero-order chi connectivity index (χ0) is 46.1. The van der Waals surface area contributed by atoms with E-state index in [2.05, 4.69) is 16.0 Å². The molecule has 2 heterocycles. The Hall–Kier alpha value is -6.22. The molecule has 63 heavy (non-hydrogen) atoms. The molecule has 0 aliphatic carbocycles. The molecule has 20 heteroatoms. The predicted molar refractivity (Wildman–Crippen MR) is 232 cm³/mol. The van der Waals surface area contributed by atoms with Gasteiger partial charge >= 0.3 is 17.9 Å². The Bertz CT molecular complexity index is 1980. The van der Waals surface area contributed by atoms with Gasteiger partial charge in [0.05, 0.1) is 26.2 Å². The van der Waals surface area contributed by atoms with Gasteiger partial charge in [-0.1, -0.05) is 12.1 Å². The number of carbonyl (C=O) groups is 8. The van der Waals surface area contributed by atoms with Crippen LogP contribution >= 0.6 is 0 Å². The third-order valence-electron chi connectivity index (χ3n) is 10.8. The van der Waals surface area contributed by atoms with Crippen molar-refractivity contribution >= 4 is 58.8 Å². The Morgan fingerprint density at radius 2 is 1.13 bits per heavy atom. The van der Waals surface area contributed by atoms with Gasteiger partial charge in [-0.3, -0.25) is 62.9 Å². The van der Waals surface area contributed by atoms with E-state index in [1.807, 2.05) is 44.2 Å². The summed E-state index contributed by atoms with van der Waals surface area (Å²) in [5, 5.41) is 37.2. The monoisotopic (exact) mass is 877 g/mol. The lowest BCUT2D eigenvalue weighted by molar-refractivity contribution is -0.140. The highest BCUT2D eigenvalue weighted by Gasteiger charge is 2.26. The lowest BCUT2D eigenvalue weighted by Gasteiger charge is -2.33. The van der Waals surface area contributed by atoms with Crippen LogP contribution < -0.4 is 21.7 Å². The summed E-state index contributed by atoms with van der Waals surface area (Å²) >= 11 is 0. The van der Waals surface area contributed by atoms with E-state index in [9.17, 15) is 53.7 Å². The first kappa shape index (κ1) is 49.4. The van der Waals surface area contributed by atoms with Crippen LogP contribution in [-0.4, -0.2) is 185 Å². The first-order valence-corrected chi connectivity index (χ1v) is 20.9. The molecule has 5 amide bonds. The van der Waals surface area contributed by atoms with Gasteiger partial charge in [0.25, 0.3) is 11.8 Å². The van der Waals surface area contributed by atoms with Crippen molar-refractivity contribution in [1.29, 1.82) is 0 Å². The molecule has 2 aromatic carbocycles. The molecule has 2 aliphatic rings. The Kier molecular flexibility index (Phi) is 19.2. The highest BCUT2D eigenvalue weighted by atomic mass is 16.4. The molecule has 0 saturated carbocycles. The number of aryl methyl sites for hydroxylation is 2. The smallest absolute Gasteiger partial charge is 0.317 e. The van der Waals surface area contributed by atoms with Crippen molar-refractivity contribution in [1.82, 2.24) is 35.1 Å². The van der Waals surface area contributed by atoms with Gasteiger partial charge in [0.15, 0.2) is 0 Å². The molecule has 0 bridgehead atoms. The number of aliphatic carboxylic acids is 3. The number of benzene rings is 2. The molecule has 20 nitrogen and oxygen atoms in total. The van der Waals surface area contributed by atoms with Gasteiger partial charge in [0.2, 0.25) is 17.7 Å². The Balaban J connectivity index is 1.45. The Morgan fingerprint density at radius 1 is 0.651 bits per heavy atom. The molecule has 1 fully saturated rings. The number of carboxylic acid groups (broad SMARTS) is 3. The maximum Gasteiger partial charge on any atom is 0.317 e. The average Bonchev–Trinajstić information content (AvgIpc) is 3.54. The predicted octanol–water partition coefficient (Wildman–Crippen LogP) is 0.0529. The van der Waals surface area contributed by atoms with E-state index < -0.39 is 47.6 Å². The van der Waals surface area contributed by atoms with E-state index in [0.717, 1.165) is 39.3 Å². The fourth-order valence-electron chi connectivity index (χ4n) is 7.21. The maximum atomic E-state index is 14.0. The van der Waals surface area contributed by atoms with Crippen LogP contribution in [0.2, 0.25) is 0 Å². The number of hydrogen-bond donors (Lipinski definition) is 7. The lowest BCUT2D eigenvalue weighted by Crippen LogP contribution is -2.51. The number of rotatable bonds is 20. The molecule has 0 spiro atoms. The average molecular weight is 878 g/mol. The van der Waals surface area contributed by atoms with Gasteiger partial charge in [-0.25, -0.2) is 0 Å². The highest BCUT2D eigenvalue weighted by Crippen LogP contribution is 2.27. The normalized spacial score (nSPS) is 16.5. The second-order valence-electron chi connectivity index (χ2n) is 15.8. The van der Waals surface area contributed by atoms with E-state index >= 15 is 0 Å². The summed E-state index contributed by atoms with van der Waals surface area (Å²) < 4.78 is 0. The van der Waals surface area contributed by atoms with E-state index in [1.54, 1.807) is 25.7 Å². The molecule has 2 aromatic rings. The number of nitrogen functional groups attached to an aromatic ring is 1. The fraction of sp³-hybridized carbons (Fsp3) is 0.488. The maximum absolute atomic E-state index is 14.0. The van der Waals surface area contributed by atoms with E-state index in [-0.39, 0.29) is 110 Å². The quantitative estimate of drug-likeness (QED) is 0.0526. The number of carboxylic acids is 3. The molecule has 1 saturated heterocycles. The summed E-state index contributed by atoms with van der Waals surface area (Å²) in [4.78, 5) is 107. The summed E-state index contributed by atoms with van der Waals surface area (Å²) in [6.45, 7) is 4.58. The van der Waals surface area contributed by atoms with E-state index in [1.165, 1.54) is 0 Å². The molecule has 0 radical (unpaired) electrons. The van der Waals surface area contributed by atoms with Crippen LogP contribution in [0.4, 0.5) is 11.4 Å². The first-order chi connectivity index (χ1) is 30.0. The minimum Gasteiger partial charge on any atom is -0.480 e. The second kappa shape index (κ2) is 24.4. The topological polar surface area (TPSA) is 276 Å². The van der Waals surface area contributed by atoms with Gasteiger partial charge in [-0.2, -0.15) is 0 Å². The van der Waals surface area contributed by atoms with Crippen LogP contribution in [0.5, 0.6) is 0 Å². The van der Waals surface area contributed by atoms with Crippen molar-refractivity contribution in [2.75, 3.05) is 103 Å². The van der Waals surface area contributed by atoms with Crippen molar-refractivity contribution < 1.29 is 53.7 Å². The molecule has 0 aromatic heterocycles. The summed E-state index contributed by atoms with van der Waals surface area (Å²) in [5.74, 6) is -5.49. The third-order valence-corrected chi connectivity index (χ3v) is 10.8. The second-order valence-corrected chi connectivity index (χ2v) is 15.8. The van der Waals surface area contributed by atoms with Crippen molar-refractivity contribution in [3.63, 3.8) is 0 Å². The third kappa shape index (κ3) is 16.9. The van der Waals surface area contributed by atoms with Gasteiger partial charge in [-0.15, -0.1) is 0 Å². The Morgan fingerprint density at radius 3 is 1.60 bits per heavy atom. The minimum atomic E-state index is -1.07. The number of imide groups is 1. The van der Waals surface area contributed by atoms with Crippen LogP contribution in [-0.2, 0) is 38.4 Å². The zero-order valence-electron chi connectivity index (χ0n) is 35.8. The number of hydrogen-bond acceptors (Lipinski definition) is 13. The van der Waals surface area contributed by atoms with Crippen LogP contribution in [0.25, 0.3) is 11.1 Å². The molecular formula is C43H59N9O11. The van der Waals surface area contributed by atoms with E-state index in [4.69, 9.17) is 5.73 Å². The number of unbranched alkanes of at least 4 members (excludes halogenated alkanes) is 1. The van der Waals surface area contributed by atoms with Gasteiger partial charge in [0, 0.05) is 95.4 Å². The van der Waals surface area contributed by atoms with Crippen LogP contribution in [0.15, 0.2) is 48.6 Å². The number of amides is 5. The SMILES string of the molecule is Cc1cc(-c2ccc(NC(=O)[C@H](CCCCNC(=O)CCN3C(=O)C=CC3=O)NC(=O)CN3CCN(CC(=O)O)CCN(CC(=O)O)CCN(CC(=O)O)CC3)c(C)c2)ccc1N. The number of carbonyl (C=O) groups excluding carboxylic acids is 5. The molecular weight excluding hydrogens is 819 g/mol. The molecule has 4 rings (SSSR count). The number of anilines is 2. The van der Waals surface area contributed by atoms with Crippen molar-refractivity contribution in [2.45, 2.75) is 45.6 Å².